The quantitative estimate of drug-likeness (QED) is 0.413. The lowest BCUT2D eigenvalue weighted by Crippen LogP contribution is -2.25. The maximum absolute atomic E-state index is 13.2. The number of fused-ring (bicyclic) bond motifs is 1. The summed E-state index contributed by atoms with van der Waals surface area (Å²) in [7, 11) is -4.10. The highest BCUT2D eigenvalue weighted by molar-refractivity contribution is 7.92. The van der Waals surface area contributed by atoms with Crippen molar-refractivity contribution in [1.82, 2.24) is 14.7 Å². The Morgan fingerprint density at radius 3 is 2.78 bits per heavy atom. The minimum Gasteiger partial charge on any atom is -0.348 e. The van der Waals surface area contributed by atoms with Crippen LogP contribution in [0.5, 0.6) is 0 Å². The highest BCUT2D eigenvalue weighted by Gasteiger charge is 2.23. The third-order valence-corrected chi connectivity index (χ3v) is 7.06. The molecule has 4 rings (SSSR count). The van der Waals surface area contributed by atoms with Gasteiger partial charge in [-0.2, -0.15) is 12.8 Å². The molecule has 0 aliphatic carbocycles. The lowest BCUT2D eigenvalue weighted by Gasteiger charge is -2.14. The van der Waals surface area contributed by atoms with E-state index in [1.807, 2.05) is 0 Å². The van der Waals surface area contributed by atoms with Crippen LogP contribution in [0.2, 0.25) is 5.02 Å². The number of benzene rings is 2. The first kappa shape index (κ1) is 22.1. The average Bonchev–Trinajstić information content (AvgIpc) is 3.21. The second-order valence-electron chi connectivity index (χ2n) is 6.93. The van der Waals surface area contributed by atoms with E-state index < -0.39 is 21.7 Å². The average molecular weight is 491 g/mol. The van der Waals surface area contributed by atoms with Crippen molar-refractivity contribution < 1.29 is 17.6 Å². The fourth-order valence-electron chi connectivity index (χ4n) is 3.06. The van der Waals surface area contributed by atoms with Crippen molar-refractivity contribution in [3.63, 3.8) is 0 Å². The van der Waals surface area contributed by atoms with Gasteiger partial charge in [-0.05, 0) is 59.9 Å². The molecule has 7 nitrogen and oxygen atoms in total. The Balaban J connectivity index is 1.62. The molecule has 0 radical (unpaired) electrons. The third kappa shape index (κ3) is 4.57. The molecule has 4 aromatic rings. The highest BCUT2D eigenvalue weighted by Crippen LogP contribution is 2.27. The van der Waals surface area contributed by atoms with E-state index in [1.54, 1.807) is 25.1 Å². The summed E-state index contributed by atoms with van der Waals surface area (Å²) in [5.74, 6) is -1.00. The molecule has 0 atom stereocenters. The lowest BCUT2D eigenvalue weighted by atomic mass is 10.1. The molecule has 2 aromatic heterocycles. The Labute approximate surface area is 192 Å². The molecule has 1 amide bonds. The van der Waals surface area contributed by atoms with Crippen LogP contribution in [-0.4, -0.2) is 23.7 Å². The number of carbonyl (C=O) groups is 1. The van der Waals surface area contributed by atoms with Crippen molar-refractivity contribution in [1.29, 1.82) is 0 Å². The van der Waals surface area contributed by atoms with Gasteiger partial charge in [-0.1, -0.05) is 23.7 Å². The van der Waals surface area contributed by atoms with E-state index in [1.165, 1.54) is 30.6 Å². The maximum atomic E-state index is 13.2. The van der Waals surface area contributed by atoms with E-state index in [4.69, 9.17) is 11.6 Å². The van der Waals surface area contributed by atoms with E-state index >= 15 is 0 Å². The number of rotatable bonds is 6. The first-order chi connectivity index (χ1) is 15.2. The van der Waals surface area contributed by atoms with Crippen LogP contribution in [0.1, 0.15) is 21.5 Å². The Hall–Kier alpha value is -3.08. The van der Waals surface area contributed by atoms with Gasteiger partial charge in [-0.15, -0.1) is 0 Å². The zero-order valence-corrected chi connectivity index (χ0v) is 19.0. The van der Waals surface area contributed by atoms with Crippen molar-refractivity contribution in [2.24, 2.45) is 0 Å². The monoisotopic (exact) mass is 490 g/mol. The van der Waals surface area contributed by atoms with Gasteiger partial charge in [0.25, 0.3) is 15.9 Å². The zero-order chi connectivity index (χ0) is 22.9. The number of nitrogens with zero attached hydrogens (tertiary/aromatic N) is 2. The molecular formula is C21H16ClFN4O3S2. The standard InChI is InChI=1S/C21H16ClFN4O3S2/c1-12-2-5-15(20(28)25-10-13-3-4-14(23)9-17(13)22)18(8-12)27-32(29,30)21-16-11-26-31-19(16)6-7-24-21/h2-9,11,27H,10H2,1H3,(H,25,28). The molecule has 0 spiro atoms. The summed E-state index contributed by atoms with van der Waals surface area (Å²) in [5.41, 5.74) is 1.50. The summed E-state index contributed by atoms with van der Waals surface area (Å²) in [6.45, 7) is 1.82. The Morgan fingerprint density at radius 1 is 1.19 bits per heavy atom. The first-order valence-electron chi connectivity index (χ1n) is 9.29. The van der Waals surface area contributed by atoms with E-state index in [9.17, 15) is 17.6 Å². The van der Waals surface area contributed by atoms with Crippen LogP contribution in [-0.2, 0) is 16.6 Å². The molecule has 0 saturated heterocycles. The van der Waals surface area contributed by atoms with Crippen LogP contribution in [0.3, 0.4) is 0 Å². The fourth-order valence-corrected chi connectivity index (χ4v) is 5.20. The van der Waals surface area contributed by atoms with Crippen molar-refractivity contribution >= 4 is 54.8 Å². The van der Waals surface area contributed by atoms with Gasteiger partial charge in [0.1, 0.15) is 5.82 Å². The molecule has 2 heterocycles. The van der Waals surface area contributed by atoms with Crippen molar-refractivity contribution in [3.8, 4) is 0 Å². The lowest BCUT2D eigenvalue weighted by molar-refractivity contribution is 0.0952. The molecule has 0 aliphatic rings. The van der Waals surface area contributed by atoms with E-state index in [0.717, 1.165) is 23.2 Å². The molecule has 0 fully saturated rings. The summed E-state index contributed by atoms with van der Waals surface area (Å²) >= 11 is 7.17. The molecule has 11 heteroatoms. The molecule has 0 aliphatic heterocycles. The number of aromatic nitrogens is 2. The van der Waals surface area contributed by atoms with Gasteiger partial charge in [0.2, 0.25) is 0 Å². The molecule has 32 heavy (non-hydrogen) atoms. The second-order valence-corrected chi connectivity index (χ2v) is 9.76. The van der Waals surface area contributed by atoms with Gasteiger partial charge in [0.15, 0.2) is 5.03 Å². The minimum absolute atomic E-state index is 0.0411. The van der Waals surface area contributed by atoms with Crippen LogP contribution < -0.4 is 10.0 Å². The number of carbonyl (C=O) groups excluding carboxylic acids is 1. The van der Waals surface area contributed by atoms with Gasteiger partial charge < -0.3 is 5.32 Å². The van der Waals surface area contributed by atoms with Crippen LogP contribution >= 0.6 is 23.1 Å². The van der Waals surface area contributed by atoms with Crippen LogP contribution in [0.25, 0.3) is 10.1 Å². The number of hydrogen-bond donors (Lipinski definition) is 2. The molecule has 0 saturated carbocycles. The summed E-state index contributed by atoms with van der Waals surface area (Å²) in [6, 6.07) is 10.3. The van der Waals surface area contributed by atoms with E-state index in [2.05, 4.69) is 19.4 Å². The number of hydrogen-bond acceptors (Lipinski definition) is 6. The van der Waals surface area contributed by atoms with E-state index in [-0.39, 0.29) is 27.8 Å². The Kier molecular flexibility index (Phi) is 6.09. The molecule has 0 bridgehead atoms. The minimum atomic E-state index is -4.10. The summed E-state index contributed by atoms with van der Waals surface area (Å²) in [6.07, 6.45) is 2.84. The van der Waals surface area contributed by atoms with Gasteiger partial charge in [0.05, 0.1) is 27.5 Å². The maximum Gasteiger partial charge on any atom is 0.280 e. The largest absolute Gasteiger partial charge is 0.348 e. The van der Waals surface area contributed by atoms with Gasteiger partial charge in [-0.25, -0.2) is 9.37 Å². The normalized spacial score (nSPS) is 11.5. The predicted molar refractivity (Wildman–Crippen MR) is 122 cm³/mol. The molecular weight excluding hydrogens is 475 g/mol. The first-order valence-corrected chi connectivity index (χ1v) is 11.9. The van der Waals surface area contributed by atoms with Gasteiger partial charge >= 0.3 is 0 Å². The number of aryl methyl sites for hydroxylation is 1. The van der Waals surface area contributed by atoms with Crippen molar-refractivity contribution in [2.75, 3.05) is 4.72 Å². The summed E-state index contributed by atoms with van der Waals surface area (Å²) in [4.78, 5) is 16.8. The molecule has 2 aromatic carbocycles. The topological polar surface area (TPSA) is 101 Å². The summed E-state index contributed by atoms with van der Waals surface area (Å²) in [5, 5.41) is 3.09. The van der Waals surface area contributed by atoms with Crippen LogP contribution in [0.4, 0.5) is 10.1 Å². The smallest absolute Gasteiger partial charge is 0.280 e. The number of pyridine rings is 1. The number of anilines is 1. The van der Waals surface area contributed by atoms with Crippen LogP contribution in [0.15, 0.2) is 59.9 Å². The molecule has 164 valence electrons. The third-order valence-electron chi connectivity index (χ3n) is 4.62. The number of nitrogens with one attached hydrogen (secondary N) is 2. The van der Waals surface area contributed by atoms with Crippen LogP contribution in [0, 0.1) is 12.7 Å². The number of halogens is 2. The SMILES string of the molecule is Cc1ccc(C(=O)NCc2ccc(F)cc2Cl)c(NS(=O)(=O)c2nccc3sncc23)c1. The fraction of sp³-hybridized carbons (Fsp3) is 0.0952. The second kappa shape index (κ2) is 8.81. The number of amides is 1. The van der Waals surface area contributed by atoms with Gasteiger partial charge in [-0.3, -0.25) is 9.52 Å². The Bertz CT molecular complexity index is 1440. The molecule has 2 N–H and O–H groups in total. The Morgan fingerprint density at radius 2 is 2.00 bits per heavy atom. The van der Waals surface area contributed by atoms with Crippen molar-refractivity contribution in [2.45, 2.75) is 18.5 Å². The van der Waals surface area contributed by atoms with E-state index in [0.29, 0.717) is 15.6 Å². The zero-order valence-electron chi connectivity index (χ0n) is 16.6. The summed E-state index contributed by atoms with van der Waals surface area (Å²) < 4.78 is 46.6. The number of sulfonamides is 1. The highest BCUT2D eigenvalue weighted by atomic mass is 35.5. The molecule has 0 unspecified atom stereocenters. The van der Waals surface area contributed by atoms with Crippen molar-refractivity contribution in [3.05, 3.63) is 82.4 Å². The van der Waals surface area contributed by atoms with Gasteiger partial charge in [0, 0.05) is 17.8 Å². The predicted octanol–water partition coefficient (Wildman–Crippen LogP) is 4.52.